The van der Waals surface area contributed by atoms with E-state index >= 15 is 0 Å². The van der Waals surface area contributed by atoms with E-state index in [1.165, 1.54) is 12.1 Å². The first-order valence-corrected chi connectivity index (χ1v) is 9.96. The van der Waals surface area contributed by atoms with Gasteiger partial charge in [-0.25, -0.2) is 9.50 Å². The molecule has 0 amide bonds. The maximum Gasteiger partial charge on any atom is 0.586 e. The minimum absolute atomic E-state index is 0.0352. The fourth-order valence-corrected chi connectivity index (χ4v) is 4.45. The van der Waals surface area contributed by atoms with Crippen LogP contribution in [-0.4, -0.2) is 25.5 Å². The number of imidazole rings is 1. The molecular weight excluding hydrogens is 460 g/mol. The largest absolute Gasteiger partial charge is 0.586 e. The molecule has 1 saturated carbocycles. The molecule has 4 aromatic rings. The molecule has 6 rings (SSSR count). The van der Waals surface area contributed by atoms with Crippen LogP contribution in [-0.2, 0) is 12.5 Å². The summed E-state index contributed by atoms with van der Waals surface area (Å²) in [5, 5.41) is 14.1. The van der Waals surface area contributed by atoms with Crippen LogP contribution in [0.3, 0.4) is 0 Å². The third-order valence-corrected chi connectivity index (χ3v) is 6.48. The van der Waals surface area contributed by atoms with E-state index in [9.17, 15) is 14.0 Å². The van der Waals surface area contributed by atoms with E-state index in [4.69, 9.17) is 0 Å². The summed E-state index contributed by atoms with van der Waals surface area (Å²) in [6.45, 7) is 0. The Hall–Kier alpha value is -3.19. The molecular formula is C20H12BrF2N5O2. The lowest BCUT2D eigenvalue weighted by molar-refractivity contribution is -0.286. The van der Waals surface area contributed by atoms with Crippen LogP contribution in [0.2, 0.25) is 0 Å². The van der Waals surface area contributed by atoms with Gasteiger partial charge in [-0.3, -0.25) is 0 Å². The number of hydrogen-bond donors (Lipinski definition) is 0. The average molecular weight is 472 g/mol. The number of ether oxygens (including phenoxy) is 2. The second kappa shape index (κ2) is 5.49. The Morgan fingerprint density at radius 1 is 1.17 bits per heavy atom. The Balaban J connectivity index is 1.50. The van der Waals surface area contributed by atoms with Crippen LogP contribution in [0.15, 0.2) is 34.9 Å². The summed E-state index contributed by atoms with van der Waals surface area (Å²) in [5.74, 6) is 0.466. The Kier molecular flexibility index (Phi) is 3.23. The molecule has 0 atom stereocenters. The van der Waals surface area contributed by atoms with Gasteiger partial charge < -0.3 is 14.0 Å². The first kappa shape index (κ1) is 17.7. The van der Waals surface area contributed by atoms with Gasteiger partial charge in [-0.15, -0.1) is 8.78 Å². The molecule has 0 bridgehead atoms. The first-order valence-electron chi connectivity index (χ1n) is 9.17. The van der Waals surface area contributed by atoms with Gasteiger partial charge >= 0.3 is 6.29 Å². The van der Waals surface area contributed by atoms with Crippen LogP contribution in [0, 0.1) is 11.3 Å². The van der Waals surface area contributed by atoms with E-state index < -0.39 is 11.7 Å². The lowest BCUT2D eigenvalue weighted by Crippen LogP contribution is -2.25. The average Bonchev–Trinajstić information content (AvgIpc) is 3.26. The van der Waals surface area contributed by atoms with Crippen molar-refractivity contribution in [3.05, 3.63) is 40.5 Å². The van der Waals surface area contributed by atoms with Crippen molar-refractivity contribution in [3.8, 4) is 29.1 Å². The highest BCUT2D eigenvalue weighted by molar-refractivity contribution is 9.10. The monoisotopic (exact) mass is 471 g/mol. The van der Waals surface area contributed by atoms with Crippen molar-refractivity contribution in [2.45, 2.75) is 24.6 Å². The number of halogens is 3. The summed E-state index contributed by atoms with van der Waals surface area (Å²) < 4.78 is 40.0. The molecule has 1 aliphatic heterocycles. The lowest BCUT2D eigenvalue weighted by Gasteiger charge is -2.05. The van der Waals surface area contributed by atoms with Crippen LogP contribution in [0.4, 0.5) is 8.78 Å². The highest BCUT2D eigenvalue weighted by atomic mass is 79.9. The highest BCUT2D eigenvalue weighted by Gasteiger charge is 2.45. The van der Waals surface area contributed by atoms with Crippen LogP contribution in [0.1, 0.15) is 18.4 Å². The third kappa shape index (κ3) is 2.32. The molecule has 30 heavy (non-hydrogen) atoms. The van der Waals surface area contributed by atoms with Crippen molar-refractivity contribution in [1.82, 2.24) is 19.2 Å². The molecule has 3 aromatic heterocycles. The zero-order chi connectivity index (χ0) is 20.8. The molecule has 10 heteroatoms. The predicted molar refractivity (Wildman–Crippen MR) is 105 cm³/mol. The Morgan fingerprint density at radius 2 is 1.90 bits per heavy atom. The molecule has 150 valence electrons. The quantitative estimate of drug-likeness (QED) is 0.429. The molecule has 0 radical (unpaired) electrons. The zero-order valence-electron chi connectivity index (χ0n) is 15.5. The van der Waals surface area contributed by atoms with Crippen LogP contribution >= 0.6 is 15.9 Å². The van der Waals surface area contributed by atoms with Crippen LogP contribution < -0.4 is 9.47 Å². The molecule has 1 aliphatic carbocycles. The third-order valence-electron chi connectivity index (χ3n) is 5.70. The number of hydrogen-bond acceptors (Lipinski definition) is 5. The van der Waals surface area contributed by atoms with Crippen molar-refractivity contribution < 1.29 is 18.3 Å². The number of alkyl halides is 2. The van der Waals surface area contributed by atoms with Gasteiger partial charge in [-0.1, -0.05) is 6.07 Å². The van der Waals surface area contributed by atoms with Crippen molar-refractivity contribution in [3.63, 3.8) is 0 Å². The number of nitrogens with zero attached hydrogens (tertiary/aromatic N) is 5. The summed E-state index contributed by atoms with van der Waals surface area (Å²) >= 11 is 3.61. The maximum atomic E-state index is 13.3. The SMILES string of the molecule is Cn1c(-c2nn3cc(C4(C#N)CC4)ccc3c2Br)nc2cc3c(cc21)OC(F)(F)O3. The second-order valence-electron chi connectivity index (χ2n) is 7.55. The van der Waals surface area contributed by atoms with Crippen LogP contribution in [0.25, 0.3) is 28.1 Å². The number of pyridine rings is 1. The van der Waals surface area contributed by atoms with Crippen LogP contribution in [0.5, 0.6) is 11.5 Å². The molecule has 0 unspecified atom stereocenters. The summed E-state index contributed by atoms with van der Waals surface area (Å²) in [6.07, 6.45) is -0.0974. The van der Waals surface area contributed by atoms with E-state index in [2.05, 4.69) is 41.6 Å². The second-order valence-corrected chi connectivity index (χ2v) is 8.35. The van der Waals surface area contributed by atoms with E-state index in [-0.39, 0.29) is 11.5 Å². The number of rotatable bonds is 2. The molecule has 0 saturated heterocycles. The van der Waals surface area contributed by atoms with Crippen molar-refractivity contribution in [2.24, 2.45) is 7.05 Å². The Labute approximate surface area is 176 Å². The standard InChI is InChI=1S/C20H12BrF2N5O2/c1-27-13-7-15-14(29-20(22,23)30-15)6-11(13)25-18(27)17-16(21)12-3-2-10(8-28(12)26-17)19(9-24)4-5-19/h2-3,6-8H,4-5H2,1H3. The van der Waals surface area contributed by atoms with E-state index in [1.54, 1.807) is 16.1 Å². The Morgan fingerprint density at radius 3 is 2.60 bits per heavy atom. The highest BCUT2D eigenvalue weighted by Crippen LogP contribution is 2.48. The minimum Gasteiger partial charge on any atom is -0.395 e. The fraction of sp³-hybridized carbons (Fsp3) is 0.250. The van der Waals surface area contributed by atoms with E-state index in [0.29, 0.717) is 22.6 Å². The van der Waals surface area contributed by atoms with Gasteiger partial charge in [0.25, 0.3) is 0 Å². The normalized spacial score (nSPS) is 18.1. The topological polar surface area (TPSA) is 77.4 Å². The van der Waals surface area contributed by atoms with Gasteiger partial charge in [-0.2, -0.15) is 10.4 Å². The number of aromatic nitrogens is 4. The van der Waals surface area contributed by atoms with Gasteiger partial charge in [0.05, 0.1) is 32.5 Å². The predicted octanol–water partition coefficient (Wildman–Crippen LogP) is 4.53. The summed E-state index contributed by atoms with van der Waals surface area (Å²) in [5.41, 5.74) is 3.06. The Bertz CT molecular complexity index is 1430. The number of aryl methyl sites for hydroxylation is 1. The van der Waals surface area contributed by atoms with Crippen molar-refractivity contribution in [1.29, 1.82) is 5.26 Å². The van der Waals surface area contributed by atoms with Crippen molar-refractivity contribution in [2.75, 3.05) is 0 Å². The van der Waals surface area contributed by atoms with Crippen molar-refractivity contribution >= 4 is 32.5 Å². The summed E-state index contributed by atoms with van der Waals surface area (Å²) in [4.78, 5) is 4.59. The molecule has 0 spiro atoms. The lowest BCUT2D eigenvalue weighted by atomic mass is 10.00. The summed E-state index contributed by atoms with van der Waals surface area (Å²) in [6, 6.07) is 9.18. The molecule has 1 aromatic carbocycles. The maximum absolute atomic E-state index is 13.3. The summed E-state index contributed by atoms with van der Waals surface area (Å²) in [7, 11) is 1.78. The zero-order valence-corrected chi connectivity index (χ0v) is 17.1. The molecule has 2 aliphatic rings. The molecule has 7 nitrogen and oxygen atoms in total. The van der Waals surface area contributed by atoms with E-state index in [0.717, 1.165) is 28.4 Å². The van der Waals surface area contributed by atoms with E-state index in [1.807, 2.05) is 18.3 Å². The smallest absolute Gasteiger partial charge is 0.395 e. The van der Waals surface area contributed by atoms with Gasteiger partial charge in [0, 0.05) is 25.4 Å². The van der Waals surface area contributed by atoms with Gasteiger partial charge in [-0.05, 0) is 40.4 Å². The molecule has 4 heterocycles. The number of fused-ring (bicyclic) bond motifs is 3. The first-order chi connectivity index (χ1) is 14.3. The minimum atomic E-state index is -3.67. The van der Waals surface area contributed by atoms with Gasteiger partial charge in [0.15, 0.2) is 17.3 Å². The fourth-order valence-electron chi connectivity index (χ4n) is 3.88. The van der Waals surface area contributed by atoms with Gasteiger partial charge in [0.2, 0.25) is 0 Å². The molecule has 1 fully saturated rings. The number of nitriles is 1. The molecule has 0 N–H and O–H groups in total. The van der Waals surface area contributed by atoms with Gasteiger partial charge in [0.1, 0.15) is 5.69 Å². The number of benzene rings is 1.